The van der Waals surface area contributed by atoms with Gasteiger partial charge < -0.3 is 14.0 Å². The number of hydrogen-bond acceptors (Lipinski definition) is 2. The van der Waals surface area contributed by atoms with E-state index in [1.807, 2.05) is 12.1 Å². The summed E-state index contributed by atoms with van der Waals surface area (Å²) in [4.78, 5) is 0. The second-order valence-electron chi connectivity index (χ2n) is 6.24. The second-order valence-corrected chi connectivity index (χ2v) is 6.24. The Morgan fingerprint density at radius 3 is 2.78 bits per heavy atom. The molecule has 0 fully saturated rings. The predicted octanol–water partition coefficient (Wildman–Crippen LogP) is 4.47. The summed E-state index contributed by atoms with van der Waals surface area (Å²) in [5.41, 5.74) is 5.00. The summed E-state index contributed by atoms with van der Waals surface area (Å²) in [6.45, 7) is 5.23. The van der Waals surface area contributed by atoms with Gasteiger partial charge in [-0.1, -0.05) is 30.3 Å². The Kier molecular flexibility index (Phi) is 3.38. The van der Waals surface area contributed by atoms with E-state index in [4.69, 9.17) is 9.47 Å². The van der Waals surface area contributed by atoms with E-state index in [0.29, 0.717) is 0 Å². The van der Waals surface area contributed by atoms with Gasteiger partial charge in [-0.15, -0.1) is 0 Å². The highest BCUT2D eigenvalue weighted by Gasteiger charge is 2.30. The van der Waals surface area contributed by atoms with E-state index in [1.54, 1.807) is 7.11 Å². The minimum Gasteiger partial charge on any atom is -0.497 e. The zero-order valence-corrected chi connectivity index (χ0v) is 13.7. The fraction of sp³-hybridized carbons (Fsp3) is 0.300. The highest BCUT2D eigenvalue weighted by Crippen LogP contribution is 2.39. The lowest BCUT2D eigenvalue weighted by atomic mass is 10.0. The molecule has 4 rings (SSSR count). The molecule has 3 nitrogen and oxygen atoms in total. The van der Waals surface area contributed by atoms with Crippen molar-refractivity contribution in [2.24, 2.45) is 0 Å². The fourth-order valence-corrected chi connectivity index (χ4v) is 3.67. The molecular weight excluding hydrogens is 286 g/mol. The molecule has 1 aromatic heterocycles. The van der Waals surface area contributed by atoms with Crippen molar-refractivity contribution in [2.75, 3.05) is 7.11 Å². The van der Waals surface area contributed by atoms with Crippen LogP contribution in [0.5, 0.6) is 5.75 Å². The van der Waals surface area contributed by atoms with Crippen LogP contribution >= 0.6 is 0 Å². The third-order valence-corrected chi connectivity index (χ3v) is 4.73. The molecule has 2 atom stereocenters. The number of methoxy groups -OCH3 is 1. The van der Waals surface area contributed by atoms with Gasteiger partial charge in [-0.3, -0.25) is 0 Å². The molecule has 0 aliphatic carbocycles. The normalized spacial score (nSPS) is 20.5. The summed E-state index contributed by atoms with van der Waals surface area (Å²) in [6.07, 6.45) is 0.121. The average Bonchev–Trinajstić information content (AvgIpc) is 2.87. The minimum absolute atomic E-state index is 0.0544. The first-order valence-corrected chi connectivity index (χ1v) is 8.06. The molecule has 0 amide bonds. The molecule has 0 saturated carbocycles. The number of benzene rings is 2. The molecule has 1 aliphatic rings. The molecule has 118 valence electrons. The third kappa shape index (κ3) is 2.23. The maximum atomic E-state index is 6.33. The number of ether oxygens (including phenoxy) is 2. The van der Waals surface area contributed by atoms with Gasteiger partial charge in [0.2, 0.25) is 0 Å². The van der Waals surface area contributed by atoms with Crippen LogP contribution in [0.2, 0.25) is 0 Å². The molecule has 0 bridgehead atoms. The SMILES string of the molecule is COc1cccc([C@@H]2O[C@@H](C)Cn3c2c(C)c2ccccc23)c1. The molecule has 0 radical (unpaired) electrons. The Labute approximate surface area is 136 Å². The third-order valence-electron chi connectivity index (χ3n) is 4.73. The number of nitrogens with zero attached hydrogens (tertiary/aromatic N) is 1. The van der Waals surface area contributed by atoms with Gasteiger partial charge in [0, 0.05) is 17.4 Å². The maximum absolute atomic E-state index is 6.33. The van der Waals surface area contributed by atoms with Gasteiger partial charge in [-0.25, -0.2) is 0 Å². The topological polar surface area (TPSA) is 23.4 Å². The fourth-order valence-electron chi connectivity index (χ4n) is 3.67. The van der Waals surface area contributed by atoms with Gasteiger partial charge in [0.15, 0.2) is 0 Å². The Balaban J connectivity index is 1.94. The first-order chi connectivity index (χ1) is 11.2. The number of para-hydroxylation sites is 1. The highest BCUT2D eigenvalue weighted by atomic mass is 16.5. The van der Waals surface area contributed by atoms with Crippen LogP contribution in [0.4, 0.5) is 0 Å². The van der Waals surface area contributed by atoms with Gasteiger partial charge in [0.05, 0.1) is 18.9 Å². The van der Waals surface area contributed by atoms with E-state index in [9.17, 15) is 0 Å². The van der Waals surface area contributed by atoms with Crippen LogP contribution in [0.1, 0.15) is 29.8 Å². The Bertz CT molecular complexity index is 865. The van der Waals surface area contributed by atoms with Crippen molar-refractivity contribution in [3.8, 4) is 5.75 Å². The van der Waals surface area contributed by atoms with E-state index in [2.05, 4.69) is 54.8 Å². The summed E-state index contributed by atoms with van der Waals surface area (Å²) in [7, 11) is 1.70. The van der Waals surface area contributed by atoms with Crippen molar-refractivity contribution in [1.29, 1.82) is 0 Å². The molecule has 0 N–H and O–H groups in total. The van der Waals surface area contributed by atoms with Crippen molar-refractivity contribution in [1.82, 2.24) is 4.57 Å². The molecule has 23 heavy (non-hydrogen) atoms. The lowest BCUT2D eigenvalue weighted by Gasteiger charge is -2.31. The largest absolute Gasteiger partial charge is 0.497 e. The van der Waals surface area contributed by atoms with E-state index in [1.165, 1.54) is 22.2 Å². The predicted molar refractivity (Wildman–Crippen MR) is 92.1 cm³/mol. The summed E-state index contributed by atoms with van der Waals surface area (Å²) >= 11 is 0. The van der Waals surface area contributed by atoms with Gasteiger partial charge in [-0.05, 0) is 43.2 Å². The van der Waals surface area contributed by atoms with Gasteiger partial charge in [0.25, 0.3) is 0 Å². The molecular formula is C20H21NO2. The Morgan fingerprint density at radius 1 is 1.13 bits per heavy atom. The van der Waals surface area contributed by atoms with Gasteiger partial charge in [0.1, 0.15) is 11.9 Å². The molecule has 1 aliphatic heterocycles. The molecule has 3 aromatic rings. The summed E-state index contributed by atoms with van der Waals surface area (Å²) in [5.74, 6) is 0.865. The van der Waals surface area contributed by atoms with Crippen LogP contribution in [-0.2, 0) is 11.3 Å². The standard InChI is InChI=1S/C20H21NO2/c1-13-12-21-18-10-5-4-9-17(18)14(2)19(21)20(23-13)15-7-6-8-16(11-15)22-3/h4-11,13,20H,12H2,1-3H3/t13-,20-/m0/s1. The zero-order valence-electron chi connectivity index (χ0n) is 13.7. The van der Waals surface area contributed by atoms with Crippen LogP contribution < -0.4 is 4.74 Å². The van der Waals surface area contributed by atoms with Crippen molar-refractivity contribution in [3.63, 3.8) is 0 Å². The number of rotatable bonds is 2. The first-order valence-electron chi connectivity index (χ1n) is 8.06. The maximum Gasteiger partial charge on any atom is 0.123 e. The quantitative estimate of drug-likeness (QED) is 0.697. The smallest absolute Gasteiger partial charge is 0.123 e. The first kappa shape index (κ1) is 14.3. The van der Waals surface area contributed by atoms with E-state index in [-0.39, 0.29) is 12.2 Å². The second kappa shape index (κ2) is 5.43. The van der Waals surface area contributed by atoms with E-state index < -0.39 is 0 Å². The van der Waals surface area contributed by atoms with Crippen molar-refractivity contribution >= 4 is 10.9 Å². The van der Waals surface area contributed by atoms with Gasteiger partial charge in [-0.2, -0.15) is 0 Å². The summed E-state index contributed by atoms with van der Waals surface area (Å²) in [5, 5.41) is 1.31. The lowest BCUT2D eigenvalue weighted by Crippen LogP contribution is -2.29. The van der Waals surface area contributed by atoms with Crippen LogP contribution in [0, 0.1) is 6.92 Å². The molecule has 3 heteroatoms. The number of aryl methyl sites for hydroxylation is 1. The Morgan fingerprint density at radius 2 is 1.96 bits per heavy atom. The van der Waals surface area contributed by atoms with Crippen molar-refractivity contribution < 1.29 is 9.47 Å². The van der Waals surface area contributed by atoms with Crippen LogP contribution in [0.3, 0.4) is 0 Å². The summed E-state index contributed by atoms with van der Waals surface area (Å²) in [6, 6.07) is 16.8. The monoisotopic (exact) mass is 307 g/mol. The molecule has 2 aromatic carbocycles. The van der Waals surface area contributed by atoms with Crippen molar-refractivity contribution in [2.45, 2.75) is 32.6 Å². The van der Waals surface area contributed by atoms with E-state index >= 15 is 0 Å². The lowest BCUT2D eigenvalue weighted by molar-refractivity contribution is -0.0147. The summed E-state index contributed by atoms with van der Waals surface area (Å²) < 4.78 is 14.1. The Hall–Kier alpha value is -2.26. The average molecular weight is 307 g/mol. The molecule has 2 heterocycles. The van der Waals surface area contributed by atoms with Gasteiger partial charge >= 0.3 is 0 Å². The minimum atomic E-state index is -0.0544. The van der Waals surface area contributed by atoms with Crippen molar-refractivity contribution in [3.05, 3.63) is 65.4 Å². The zero-order chi connectivity index (χ0) is 16.0. The molecule has 0 unspecified atom stereocenters. The molecule has 0 saturated heterocycles. The van der Waals surface area contributed by atoms with Crippen LogP contribution in [0.25, 0.3) is 10.9 Å². The van der Waals surface area contributed by atoms with Crippen LogP contribution in [0.15, 0.2) is 48.5 Å². The number of hydrogen-bond donors (Lipinski definition) is 0. The number of aromatic nitrogens is 1. The molecule has 0 spiro atoms. The number of fused-ring (bicyclic) bond motifs is 3. The van der Waals surface area contributed by atoms with E-state index in [0.717, 1.165) is 17.9 Å². The highest BCUT2D eigenvalue weighted by molar-refractivity contribution is 5.85. The van der Waals surface area contributed by atoms with Crippen LogP contribution in [-0.4, -0.2) is 17.8 Å².